The van der Waals surface area contributed by atoms with Gasteiger partial charge in [-0.25, -0.2) is 0 Å². The molecule has 1 aliphatic rings. The van der Waals surface area contributed by atoms with Crippen LogP contribution in [0.3, 0.4) is 0 Å². The maximum Gasteiger partial charge on any atom is 0.266 e. The van der Waals surface area contributed by atoms with Gasteiger partial charge >= 0.3 is 0 Å². The predicted octanol–water partition coefficient (Wildman–Crippen LogP) is -0.252. The minimum absolute atomic E-state index is 0.269. The van der Waals surface area contributed by atoms with Gasteiger partial charge in [-0.3, -0.25) is 18.9 Å². The third-order valence-electron chi connectivity index (χ3n) is 2.80. The molecule has 0 radical (unpaired) electrons. The van der Waals surface area contributed by atoms with Gasteiger partial charge in [0.05, 0.1) is 11.5 Å². The van der Waals surface area contributed by atoms with E-state index in [2.05, 4.69) is 6.58 Å². The lowest BCUT2D eigenvalue weighted by Gasteiger charge is -2.34. The first kappa shape index (κ1) is 20.8. The number of hydrogen-bond donors (Lipinski definition) is 2. The van der Waals surface area contributed by atoms with E-state index in [1.165, 1.54) is 5.54 Å². The summed E-state index contributed by atoms with van der Waals surface area (Å²) in [5.74, 6) is -0.587. The first-order valence-electron chi connectivity index (χ1n) is 6.13. The van der Waals surface area contributed by atoms with E-state index in [4.69, 9.17) is 20.7 Å². The molecule has 0 saturated carbocycles. The van der Waals surface area contributed by atoms with Gasteiger partial charge in [-0.2, -0.15) is 16.8 Å². The monoisotopic (exact) mass is 364 g/mol. The van der Waals surface area contributed by atoms with E-state index in [0.29, 0.717) is 26.2 Å². The lowest BCUT2D eigenvalue weighted by atomic mass is 10.3. The molecule has 1 fully saturated rings. The van der Waals surface area contributed by atoms with Crippen molar-refractivity contribution in [2.75, 3.05) is 50.8 Å². The minimum atomic E-state index is -3.93. The summed E-state index contributed by atoms with van der Waals surface area (Å²) in [5.41, 5.74) is 1.22. The van der Waals surface area contributed by atoms with Gasteiger partial charge in [-0.15, -0.1) is 0 Å². The quantitative estimate of drug-likeness (QED) is 0.620. The maximum absolute atomic E-state index is 10.6. The van der Waals surface area contributed by atoms with Gasteiger partial charge in [0.15, 0.2) is 0 Å². The molecule has 1 saturated heterocycles. The number of halogens is 1. The molecular formula is C10H21ClN2O6S2. The molecule has 2 N–H and O–H groups in total. The van der Waals surface area contributed by atoms with Crippen LogP contribution in [0.1, 0.15) is 0 Å². The molecule has 0 aromatic heterocycles. The van der Waals surface area contributed by atoms with Gasteiger partial charge in [-0.1, -0.05) is 18.2 Å². The Bertz CT molecular complexity index is 456. The third kappa shape index (κ3) is 13.2. The Morgan fingerprint density at radius 3 is 1.33 bits per heavy atom. The van der Waals surface area contributed by atoms with Crippen LogP contribution >= 0.6 is 11.6 Å². The lowest BCUT2D eigenvalue weighted by molar-refractivity contribution is 0.143. The molecule has 0 aromatic carbocycles. The molecule has 1 aliphatic heterocycles. The molecule has 0 atom stereocenters. The molecule has 0 aromatic rings. The Kier molecular flexibility index (Phi) is 9.61. The molecule has 1 rings (SSSR count). The zero-order chi connectivity index (χ0) is 16.5. The summed E-state index contributed by atoms with van der Waals surface area (Å²) in [6.45, 7) is 6.11. The van der Waals surface area contributed by atoms with Crippen LogP contribution < -0.4 is 0 Å². The van der Waals surface area contributed by atoms with E-state index in [-0.39, 0.29) is 24.6 Å². The highest BCUT2D eigenvalue weighted by Gasteiger charge is 2.19. The molecule has 0 amide bonds. The highest BCUT2D eigenvalue weighted by atomic mass is 35.5. The van der Waals surface area contributed by atoms with E-state index < -0.39 is 20.2 Å². The van der Waals surface area contributed by atoms with Crippen LogP contribution in [0.2, 0.25) is 0 Å². The van der Waals surface area contributed by atoms with Gasteiger partial charge in [0.25, 0.3) is 20.2 Å². The minimum Gasteiger partial charge on any atom is -0.300 e. The van der Waals surface area contributed by atoms with Crippen molar-refractivity contribution in [2.24, 2.45) is 0 Å². The third-order valence-corrected chi connectivity index (χ3v) is 4.19. The Hall–Kier alpha value is -0.230. The second kappa shape index (κ2) is 9.72. The molecule has 0 spiro atoms. The smallest absolute Gasteiger partial charge is 0.266 e. The van der Waals surface area contributed by atoms with E-state index in [0.717, 1.165) is 0 Å². The first-order valence-corrected chi connectivity index (χ1v) is 9.79. The summed E-state index contributed by atoms with van der Waals surface area (Å²) in [5, 5.41) is 0. The summed E-state index contributed by atoms with van der Waals surface area (Å²) in [6, 6.07) is 0. The molecule has 0 aliphatic carbocycles. The number of piperazine rings is 1. The fourth-order valence-corrected chi connectivity index (χ4v) is 2.70. The van der Waals surface area contributed by atoms with Crippen molar-refractivity contribution in [3.8, 4) is 0 Å². The van der Waals surface area contributed by atoms with E-state index in [1.54, 1.807) is 0 Å². The highest BCUT2D eigenvalue weighted by Crippen LogP contribution is 2.02. The van der Waals surface area contributed by atoms with Crippen molar-refractivity contribution < 1.29 is 25.9 Å². The van der Waals surface area contributed by atoms with Crippen molar-refractivity contribution >= 4 is 31.8 Å². The van der Waals surface area contributed by atoms with Crippen molar-refractivity contribution in [3.05, 3.63) is 12.1 Å². The largest absolute Gasteiger partial charge is 0.300 e. The number of nitrogens with zero attached hydrogens (tertiary/aromatic N) is 2. The second-order valence-corrected chi connectivity index (χ2v) is 7.86. The molecule has 11 heteroatoms. The standard InChI is InChI=1S/C8H18N2O6S2.C2H3Cl/c11-17(12,13)7-5-9-1-2-10(4-3-9)6-8-18(14,15)16;1-2-3/h1-8H2,(H,11,12,13)(H,14,15,16);2H,1H2. The summed E-state index contributed by atoms with van der Waals surface area (Å²) >= 11 is 4.76. The first-order chi connectivity index (χ1) is 9.57. The average molecular weight is 365 g/mol. The van der Waals surface area contributed by atoms with Crippen LogP contribution in [0.15, 0.2) is 12.1 Å². The molecule has 21 heavy (non-hydrogen) atoms. The van der Waals surface area contributed by atoms with Crippen LogP contribution in [0.25, 0.3) is 0 Å². The van der Waals surface area contributed by atoms with E-state index in [9.17, 15) is 16.8 Å². The average Bonchev–Trinajstić information content (AvgIpc) is 2.34. The van der Waals surface area contributed by atoms with Crippen molar-refractivity contribution in [3.63, 3.8) is 0 Å². The number of hydrogen-bond acceptors (Lipinski definition) is 6. The second-order valence-electron chi connectivity index (χ2n) is 4.41. The van der Waals surface area contributed by atoms with Gasteiger partial charge in [0, 0.05) is 39.3 Å². The van der Waals surface area contributed by atoms with Crippen LogP contribution in [-0.4, -0.2) is 86.5 Å². The van der Waals surface area contributed by atoms with E-state index in [1.807, 2.05) is 9.80 Å². The summed E-state index contributed by atoms with van der Waals surface area (Å²) in [7, 11) is -7.87. The van der Waals surface area contributed by atoms with Gasteiger partial charge in [0.1, 0.15) is 0 Å². The van der Waals surface area contributed by atoms with Crippen LogP contribution in [0.5, 0.6) is 0 Å². The number of rotatable bonds is 6. The zero-order valence-corrected chi connectivity index (χ0v) is 13.9. The van der Waals surface area contributed by atoms with Crippen LogP contribution in [-0.2, 0) is 20.2 Å². The molecule has 1 heterocycles. The van der Waals surface area contributed by atoms with Crippen molar-refractivity contribution in [2.45, 2.75) is 0 Å². The van der Waals surface area contributed by atoms with Gasteiger partial charge < -0.3 is 0 Å². The SMILES string of the molecule is C=CCl.O=S(=O)(O)CCN1CCN(CCS(=O)(=O)O)CC1. The van der Waals surface area contributed by atoms with E-state index >= 15 is 0 Å². The predicted molar refractivity (Wildman–Crippen MR) is 81.8 cm³/mol. The normalized spacial score (nSPS) is 17.9. The molecular weight excluding hydrogens is 344 g/mol. The summed E-state index contributed by atoms with van der Waals surface area (Å²) in [6.07, 6.45) is 0. The Morgan fingerprint density at radius 2 is 1.14 bits per heavy atom. The Balaban J connectivity index is 0.00000122. The Morgan fingerprint density at radius 1 is 0.905 bits per heavy atom. The zero-order valence-electron chi connectivity index (χ0n) is 11.6. The fraction of sp³-hybridized carbons (Fsp3) is 0.800. The maximum atomic E-state index is 10.6. The Labute approximate surface area is 130 Å². The molecule has 0 unspecified atom stereocenters. The molecule has 0 bridgehead atoms. The summed E-state index contributed by atoms with van der Waals surface area (Å²) < 4.78 is 59.5. The molecule has 126 valence electrons. The van der Waals surface area contributed by atoms with Crippen molar-refractivity contribution in [1.82, 2.24) is 9.80 Å². The summed E-state index contributed by atoms with van der Waals surface area (Å²) in [4.78, 5) is 3.77. The van der Waals surface area contributed by atoms with Crippen LogP contribution in [0, 0.1) is 0 Å². The fourth-order valence-electron chi connectivity index (χ4n) is 1.73. The highest BCUT2D eigenvalue weighted by molar-refractivity contribution is 7.86. The van der Waals surface area contributed by atoms with Crippen LogP contribution in [0.4, 0.5) is 0 Å². The van der Waals surface area contributed by atoms with Gasteiger partial charge in [0.2, 0.25) is 0 Å². The molecule has 8 nitrogen and oxygen atoms in total. The topological polar surface area (TPSA) is 115 Å². The van der Waals surface area contributed by atoms with Gasteiger partial charge in [-0.05, 0) is 5.54 Å². The van der Waals surface area contributed by atoms with Crippen molar-refractivity contribution in [1.29, 1.82) is 0 Å². The lowest BCUT2D eigenvalue weighted by Crippen LogP contribution is -2.48.